The minimum Gasteiger partial charge on any atom is -0.310 e. The third-order valence-corrected chi connectivity index (χ3v) is 20.6. The highest BCUT2D eigenvalue weighted by molar-refractivity contribution is 5.98. The highest BCUT2D eigenvalue weighted by Gasteiger charge is 2.51. The number of para-hydroxylation sites is 1. The molecule has 4 saturated carbocycles. The molecule has 4 fully saturated rings. The van der Waals surface area contributed by atoms with Gasteiger partial charge in [0, 0.05) is 39.5 Å². The maximum absolute atomic E-state index is 2.61. The lowest BCUT2D eigenvalue weighted by Crippen LogP contribution is -2.48. The van der Waals surface area contributed by atoms with Crippen molar-refractivity contribution in [3.63, 3.8) is 0 Å². The fourth-order valence-electron chi connectivity index (χ4n) is 16.9. The summed E-state index contributed by atoms with van der Waals surface area (Å²) in [6.07, 6.45) is 12.2. The van der Waals surface area contributed by atoms with E-state index >= 15 is 0 Å². The summed E-state index contributed by atoms with van der Waals surface area (Å²) in [4.78, 5) is 5.17. The van der Waals surface area contributed by atoms with Crippen LogP contribution in [-0.4, -0.2) is 0 Å². The molecule has 0 aliphatic heterocycles. The molecule has 20 rings (SSSR count). The van der Waals surface area contributed by atoms with Gasteiger partial charge in [0.25, 0.3) is 0 Å². The summed E-state index contributed by atoms with van der Waals surface area (Å²) in [5, 5.41) is 0. The van der Waals surface area contributed by atoms with E-state index in [1.54, 1.807) is 5.56 Å². The fourth-order valence-corrected chi connectivity index (χ4v) is 16.9. The summed E-state index contributed by atoms with van der Waals surface area (Å²) in [5.74, 6) is 2.77. The quantitative estimate of drug-likeness (QED) is 0.127. The molecule has 9 aliphatic rings. The Bertz CT molecular complexity index is 4180. The second-order valence-corrected chi connectivity index (χ2v) is 26.1. The normalized spacial score (nSPS) is 19.4. The second-order valence-electron chi connectivity index (χ2n) is 26.1. The Morgan fingerprint density at radius 1 is 0.318 bits per heavy atom. The standard InChI is InChI=1S/C83H72N2/c1-82(2)76-29-16-15-26-74(76)81-75(63-22-11-5-12-23-63)51-71(52-77(81)82)85(69-42-38-66(39-43-69)80-72(61-18-7-3-8-19-61)27-17-28-73(80)62-20-9-4-10-21-62)79-50-57-31-35-64-34-30-56(32-36-65(79)37-33-57)49-78(64)84(68-24-13-6-14-25-68)70-44-40-67(41-45-70)83-53-58-46-59(54-83)48-60(47-58)55-83/h3-30,33-34,37-45,49-52,58-60H,31-32,35-36,46-48,53-55H2,1-2H3. The lowest BCUT2D eigenvalue weighted by Gasteiger charge is -2.57. The van der Waals surface area contributed by atoms with Crippen molar-refractivity contribution in [2.24, 2.45) is 17.8 Å². The molecule has 0 amide bonds. The van der Waals surface area contributed by atoms with Crippen LogP contribution in [0.25, 0.3) is 55.6 Å². The monoisotopic (exact) mass is 1100 g/mol. The van der Waals surface area contributed by atoms with Crippen molar-refractivity contribution in [3.8, 4) is 55.6 Å². The first-order chi connectivity index (χ1) is 41.8. The van der Waals surface area contributed by atoms with Gasteiger partial charge in [0.2, 0.25) is 0 Å². The van der Waals surface area contributed by atoms with Crippen LogP contribution in [0.4, 0.5) is 34.1 Å². The molecule has 0 spiro atoms. The Hall–Kier alpha value is -8.98. The van der Waals surface area contributed by atoms with Gasteiger partial charge in [-0.25, -0.2) is 0 Å². The van der Waals surface area contributed by atoms with E-state index in [4.69, 9.17) is 0 Å². The first kappa shape index (κ1) is 51.6. The molecule has 85 heavy (non-hydrogen) atoms. The molecular formula is C83H72N2. The van der Waals surface area contributed by atoms with Gasteiger partial charge in [0.15, 0.2) is 0 Å². The minimum atomic E-state index is -0.217. The minimum absolute atomic E-state index is 0.217. The third kappa shape index (κ3) is 9.16. The van der Waals surface area contributed by atoms with Crippen LogP contribution in [0.5, 0.6) is 0 Å². The molecular weight excluding hydrogens is 1020 g/mol. The van der Waals surface area contributed by atoms with Gasteiger partial charge in [-0.3, -0.25) is 0 Å². The molecule has 0 unspecified atom stereocenters. The summed E-state index contributed by atoms with van der Waals surface area (Å²) in [6, 6.07) is 99.3. The number of hydrogen-bond donors (Lipinski definition) is 0. The van der Waals surface area contributed by atoms with Crippen molar-refractivity contribution >= 4 is 34.1 Å². The van der Waals surface area contributed by atoms with Crippen LogP contribution in [0, 0.1) is 17.8 Å². The zero-order valence-electron chi connectivity index (χ0n) is 49.0. The molecule has 9 aliphatic carbocycles. The predicted molar refractivity (Wildman–Crippen MR) is 356 cm³/mol. The molecule has 2 nitrogen and oxygen atoms in total. The van der Waals surface area contributed by atoms with Crippen LogP contribution in [-0.2, 0) is 36.5 Å². The Morgan fingerprint density at radius 2 is 0.765 bits per heavy atom. The smallest absolute Gasteiger partial charge is 0.0496 e. The number of fused-ring (bicyclic) bond motifs is 3. The second kappa shape index (κ2) is 21.0. The molecule has 0 atom stereocenters. The van der Waals surface area contributed by atoms with Crippen molar-refractivity contribution in [1.29, 1.82) is 0 Å². The highest BCUT2D eigenvalue weighted by atomic mass is 15.2. The molecule has 0 radical (unpaired) electrons. The van der Waals surface area contributed by atoms with Gasteiger partial charge in [-0.05, 0) is 243 Å². The van der Waals surface area contributed by atoms with Crippen LogP contribution in [0.15, 0.2) is 261 Å². The molecule has 0 aromatic heterocycles. The van der Waals surface area contributed by atoms with E-state index in [-0.39, 0.29) is 5.41 Å². The molecule has 0 saturated heterocycles. The van der Waals surface area contributed by atoms with Crippen molar-refractivity contribution in [2.45, 2.75) is 88.9 Å². The van der Waals surface area contributed by atoms with E-state index in [0.717, 1.165) is 49.1 Å². The number of anilines is 6. The number of hydrogen-bond acceptors (Lipinski definition) is 2. The van der Waals surface area contributed by atoms with Crippen molar-refractivity contribution in [2.75, 3.05) is 9.80 Å². The van der Waals surface area contributed by atoms with Gasteiger partial charge in [0.1, 0.15) is 0 Å². The zero-order valence-corrected chi connectivity index (χ0v) is 49.0. The van der Waals surface area contributed by atoms with E-state index in [9.17, 15) is 0 Å². The number of benzene rings is 11. The lowest BCUT2D eigenvalue weighted by molar-refractivity contribution is -0.00518. The van der Waals surface area contributed by atoms with Gasteiger partial charge in [0.05, 0.1) is 0 Å². The average molecular weight is 1100 g/mol. The summed E-state index contributed by atoms with van der Waals surface area (Å²) in [6.45, 7) is 4.84. The average Bonchev–Trinajstić information content (AvgIpc) is 1.94. The molecule has 11 aromatic rings. The Morgan fingerprint density at radius 3 is 1.31 bits per heavy atom. The van der Waals surface area contributed by atoms with Crippen molar-refractivity contribution < 1.29 is 0 Å². The van der Waals surface area contributed by atoms with Gasteiger partial charge < -0.3 is 9.80 Å². The molecule has 2 heteroatoms. The van der Waals surface area contributed by atoms with Crippen LogP contribution in [0.3, 0.4) is 0 Å². The van der Waals surface area contributed by atoms with Gasteiger partial charge in [-0.1, -0.05) is 214 Å². The Balaban J connectivity index is 0.824. The van der Waals surface area contributed by atoms with E-state index in [1.807, 2.05) is 0 Å². The Kier molecular flexibility index (Phi) is 12.7. The zero-order chi connectivity index (χ0) is 56.6. The molecule has 11 aromatic carbocycles. The third-order valence-electron chi connectivity index (χ3n) is 20.6. The largest absolute Gasteiger partial charge is 0.310 e. The first-order valence-electron chi connectivity index (χ1n) is 31.5. The molecule has 414 valence electrons. The maximum Gasteiger partial charge on any atom is 0.0496 e. The maximum atomic E-state index is 2.61. The van der Waals surface area contributed by atoms with Crippen LogP contribution < -0.4 is 9.80 Å². The lowest BCUT2D eigenvalue weighted by atomic mass is 9.48. The first-order valence-corrected chi connectivity index (χ1v) is 31.5. The number of aryl methyl sites for hydroxylation is 4. The summed E-state index contributed by atoms with van der Waals surface area (Å²) >= 11 is 0. The SMILES string of the molecule is CC1(C)c2ccccc2-c2c(-c3ccccc3)cc(N(c3ccc(-c4c(-c5ccccc5)cccc4-c4ccccc4)cc3)c3cc4ccc3CCc3ccc(c(N(c5ccccc5)c5ccc(C67CC8CC(CC(C8)C6)C7)cc5)c3)CC4)cc21. The summed E-state index contributed by atoms with van der Waals surface area (Å²) in [5.41, 5.74) is 29.6. The van der Waals surface area contributed by atoms with E-state index < -0.39 is 0 Å². The summed E-state index contributed by atoms with van der Waals surface area (Å²) < 4.78 is 0. The van der Waals surface area contributed by atoms with Crippen LogP contribution in [0.1, 0.15) is 91.3 Å². The van der Waals surface area contributed by atoms with Gasteiger partial charge >= 0.3 is 0 Å². The summed E-state index contributed by atoms with van der Waals surface area (Å²) in [7, 11) is 0. The van der Waals surface area contributed by atoms with E-state index in [0.29, 0.717) is 5.41 Å². The van der Waals surface area contributed by atoms with E-state index in [1.165, 1.54) is 156 Å². The molecule has 0 N–H and O–H groups in total. The highest BCUT2D eigenvalue weighted by Crippen LogP contribution is 2.61. The number of nitrogens with zero attached hydrogens (tertiary/aromatic N) is 2. The van der Waals surface area contributed by atoms with Crippen molar-refractivity contribution in [3.05, 3.63) is 300 Å². The van der Waals surface area contributed by atoms with Crippen LogP contribution >= 0.6 is 0 Å². The fraction of sp³-hybridized carbons (Fsp3) is 0.205. The van der Waals surface area contributed by atoms with Crippen LogP contribution in [0.2, 0.25) is 0 Å². The van der Waals surface area contributed by atoms with E-state index in [2.05, 4.69) is 285 Å². The predicted octanol–water partition coefficient (Wildman–Crippen LogP) is 22.0. The topological polar surface area (TPSA) is 6.48 Å². The molecule has 8 bridgehead atoms. The number of rotatable bonds is 11. The van der Waals surface area contributed by atoms with Gasteiger partial charge in [-0.2, -0.15) is 0 Å². The van der Waals surface area contributed by atoms with Crippen molar-refractivity contribution in [1.82, 2.24) is 0 Å². The Labute approximate surface area is 503 Å². The molecule has 0 heterocycles. The van der Waals surface area contributed by atoms with Gasteiger partial charge in [-0.15, -0.1) is 0 Å².